The maximum absolute atomic E-state index is 12.2. The van der Waals surface area contributed by atoms with Crippen LogP contribution in [0.5, 0.6) is 0 Å². The average Bonchev–Trinajstić information content (AvgIpc) is 3.24. The van der Waals surface area contributed by atoms with Crippen molar-refractivity contribution in [2.24, 2.45) is 5.92 Å². The van der Waals surface area contributed by atoms with Gasteiger partial charge in [-0.25, -0.2) is 0 Å². The van der Waals surface area contributed by atoms with Gasteiger partial charge in [-0.05, 0) is 31.7 Å². The summed E-state index contributed by atoms with van der Waals surface area (Å²) in [5.74, 6) is 0.750. The Bertz CT molecular complexity index is 669. The van der Waals surface area contributed by atoms with Crippen LogP contribution in [0.1, 0.15) is 39.4 Å². The third-order valence-electron chi connectivity index (χ3n) is 4.08. The molecule has 7 nitrogen and oxygen atoms in total. The highest BCUT2D eigenvalue weighted by molar-refractivity contribution is 5.94. The van der Waals surface area contributed by atoms with Gasteiger partial charge < -0.3 is 19.2 Å². The predicted molar refractivity (Wildman–Crippen MR) is 80.9 cm³/mol. The largest absolute Gasteiger partial charge is 0.472 e. The van der Waals surface area contributed by atoms with Gasteiger partial charge in [0.05, 0.1) is 11.8 Å². The number of hydrogen-bond acceptors (Lipinski definition) is 5. The summed E-state index contributed by atoms with van der Waals surface area (Å²) in [5, 5.41) is 6.57. The van der Waals surface area contributed by atoms with E-state index in [0.717, 1.165) is 12.8 Å². The Morgan fingerprint density at radius 2 is 2.17 bits per heavy atom. The maximum Gasteiger partial charge on any atom is 0.273 e. The number of nitrogens with one attached hydrogen (secondary N) is 1. The van der Waals surface area contributed by atoms with E-state index in [0.29, 0.717) is 42.6 Å². The lowest BCUT2D eigenvalue weighted by Gasteiger charge is -2.31. The standard InChI is InChI=1S/C16H19N3O4/c1-11-8-14(18-23-11)15(20)17-9-12-2-5-19(6-3-12)16(21)13-4-7-22-10-13/h4,7-8,10,12H,2-3,5-6,9H2,1H3,(H,17,20). The molecule has 23 heavy (non-hydrogen) atoms. The van der Waals surface area contributed by atoms with Crippen LogP contribution in [0.15, 0.2) is 33.6 Å². The molecule has 1 saturated heterocycles. The first-order valence-electron chi connectivity index (χ1n) is 7.66. The Labute approximate surface area is 133 Å². The average molecular weight is 317 g/mol. The Morgan fingerprint density at radius 1 is 1.39 bits per heavy atom. The highest BCUT2D eigenvalue weighted by Gasteiger charge is 2.24. The second kappa shape index (κ2) is 6.68. The fraction of sp³-hybridized carbons (Fsp3) is 0.438. The Balaban J connectivity index is 1.44. The van der Waals surface area contributed by atoms with E-state index in [1.807, 2.05) is 4.90 Å². The zero-order valence-electron chi connectivity index (χ0n) is 12.9. The van der Waals surface area contributed by atoms with Crippen LogP contribution in [0.4, 0.5) is 0 Å². The van der Waals surface area contributed by atoms with Gasteiger partial charge in [0.25, 0.3) is 11.8 Å². The molecule has 0 unspecified atom stereocenters. The van der Waals surface area contributed by atoms with Gasteiger partial charge in [-0.2, -0.15) is 0 Å². The van der Waals surface area contributed by atoms with E-state index in [2.05, 4.69) is 10.5 Å². The molecular formula is C16H19N3O4. The van der Waals surface area contributed by atoms with Crippen molar-refractivity contribution in [3.63, 3.8) is 0 Å². The van der Waals surface area contributed by atoms with Crippen LogP contribution in [0.2, 0.25) is 0 Å². The SMILES string of the molecule is Cc1cc(C(=O)NCC2CCN(C(=O)c3ccoc3)CC2)no1. The van der Waals surface area contributed by atoms with E-state index >= 15 is 0 Å². The van der Waals surface area contributed by atoms with Crippen molar-refractivity contribution in [3.8, 4) is 0 Å². The van der Waals surface area contributed by atoms with Crippen LogP contribution in [-0.2, 0) is 0 Å². The Hall–Kier alpha value is -2.57. The molecule has 3 heterocycles. The molecule has 2 aromatic rings. The van der Waals surface area contributed by atoms with E-state index < -0.39 is 0 Å². The second-order valence-electron chi connectivity index (χ2n) is 5.78. The molecule has 122 valence electrons. The maximum atomic E-state index is 12.2. The summed E-state index contributed by atoms with van der Waals surface area (Å²) in [6.45, 7) is 3.70. The third kappa shape index (κ3) is 3.61. The van der Waals surface area contributed by atoms with Gasteiger partial charge in [-0.3, -0.25) is 9.59 Å². The lowest BCUT2D eigenvalue weighted by molar-refractivity contribution is 0.0683. The van der Waals surface area contributed by atoms with Gasteiger partial charge >= 0.3 is 0 Å². The quantitative estimate of drug-likeness (QED) is 0.929. The van der Waals surface area contributed by atoms with E-state index in [-0.39, 0.29) is 11.8 Å². The molecule has 0 saturated carbocycles. The fourth-order valence-corrected chi connectivity index (χ4v) is 2.71. The number of piperidine rings is 1. The predicted octanol–water partition coefficient (Wildman–Crippen LogP) is 1.86. The van der Waals surface area contributed by atoms with Crippen LogP contribution in [0.3, 0.4) is 0 Å². The van der Waals surface area contributed by atoms with E-state index in [9.17, 15) is 9.59 Å². The topological polar surface area (TPSA) is 88.6 Å². The van der Waals surface area contributed by atoms with Crippen molar-refractivity contribution < 1.29 is 18.5 Å². The number of carbonyl (C=O) groups excluding carboxylic acids is 2. The minimum absolute atomic E-state index is 0.000641. The van der Waals surface area contributed by atoms with Crippen LogP contribution < -0.4 is 5.32 Å². The van der Waals surface area contributed by atoms with Gasteiger partial charge in [-0.1, -0.05) is 5.16 Å². The molecule has 0 bridgehead atoms. The van der Waals surface area contributed by atoms with Gasteiger partial charge in [0, 0.05) is 25.7 Å². The van der Waals surface area contributed by atoms with Crippen molar-refractivity contribution in [2.75, 3.05) is 19.6 Å². The highest BCUT2D eigenvalue weighted by atomic mass is 16.5. The number of carbonyl (C=O) groups is 2. The number of aryl methyl sites for hydroxylation is 1. The highest BCUT2D eigenvalue weighted by Crippen LogP contribution is 2.18. The van der Waals surface area contributed by atoms with Gasteiger partial charge in [0.15, 0.2) is 5.69 Å². The summed E-state index contributed by atoms with van der Waals surface area (Å²) < 4.78 is 9.84. The van der Waals surface area contributed by atoms with Crippen molar-refractivity contribution in [3.05, 3.63) is 41.7 Å². The smallest absolute Gasteiger partial charge is 0.273 e. The molecule has 3 rings (SSSR count). The van der Waals surface area contributed by atoms with E-state index in [1.54, 1.807) is 19.1 Å². The second-order valence-corrected chi connectivity index (χ2v) is 5.78. The molecule has 1 N–H and O–H groups in total. The number of nitrogens with zero attached hydrogens (tertiary/aromatic N) is 2. The normalized spacial score (nSPS) is 15.6. The zero-order valence-corrected chi connectivity index (χ0v) is 12.9. The minimum Gasteiger partial charge on any atom is -0.472 e. The first-order chi connectivity index (χ1) is 11.1. The summed E-state index contributed by atoms with van der Waals surface area (Å²) in [6, 6.07) is 3.29. The molecule has 1 aliphatic heterocycles. The Morgan fingerprint density at radius 3 is 2.78 bits per heavy atom. The first-order valence-corrected chi connectivity index (χ1v) is 7.66. The molecule has 0 atom stereocenters. The molecule has 2 amide bonds. The van der Waals surface area contributed by atoms with E-state index in [4.69, 9.17) is 8.94 Å². The molecule has 0 spiro atoms. The zero-order chi connectivity index (χ0) is 16.2. The summed E-state index contributed by atoms with van der Waals surface area (Å²) in [6.07, 6.45) is 4.69. The summed E-state index contributed by atoms with van der Waals surface area (Å²) in [5.41, 5.74) is 0.883. The molecular weight excluding hydrogens is 298 g/mol. The summed E-state index contributed by atoms with van der Waals surface area (Å²) >= 11 is 0. The molecule has 1 fully saturated rings. The molecule has 0 aliphatic carbocycles. The van der Waals surface area contributed by atoms with Crippen molar-refractivity contribution in [1.82, 2.24) is 15.4 Å². The lowest BCUT2D eigenvalue weighted by atomic mass is 9.96. The van der Waals surface area contributed by atoms with E-state index in [1.165, 1.54) is 12.5 Å². The van der Waals surface area contributed by atoms with Gasteiger partial charge in [0.2, 0.25) is 0 Å². The third-order valence-corrected chi connectivity index (χ3v) is 4.08. The number of hydrogen-bond donors (Lipinski definition) is 1. The molecule has 1 aliphatic rings. The van der Waals surface area contributed by atoms with Gasteiger partial charge in [0.1, 0.15) is 12.0 Å². The van der Waals surface area contributed by atoms with Crippen molar-refractivity contribution >= 4 is 11.8 Å². The van der Waals surface area contributed by atoms with Gasteiger partial charge in [-0.15, -0.1) is 0 Å². The Kier molecular flexibility index (Phi) is 4.45. The molecule has 0 aromatic carbocycles. The first kappa shape index (κ1) is 15.3. The van der Waals surface area contributed by atoms with Crippen molar-refractivity contribution in [1.29, 1.82) is 0 Å². The fourth-order valence-electron chi connectivity index (χ4n) is 2.71. The summed E-state index contributed by atoms with van der Waals surface area (Å²) in [4.78, 5) is 25.9. The number of amides is 2. The minimum atomic E-state index is -0.223. The summed E-state index contributed by atoms with van der Waals surface area (Å²) in [7, 11) is 0. The number of rotatable bonds is 4. The lowest BCUT2D eigenvalue weighted by Crippen LogP contribution is -2.41. The van der Waals surface area contributed by atoms with Crippen LogP contribution >= 0.6 is 0 Å². The monoisotopic (exact) mass is 317 g/mol. The number of likely N-dealkylation sites (tertiary alicyclic amines) is 1. The van der Waals surface area contributed by atoms with Crippen molar-refractivity contribution in [2.45, 2.75) is 19.8 Å². The van der Waals surface area contributed by atoms with Crippen LogP contribution in [-0.4, -0.2) is 41.5 Å². The molecule has 2 aromatic heterocycles. The number of aromatic nitrogens is 1. The molecule has 7 heteroatoms. The van der Waals surface area contributed by atoms with Crippen LogP contribution in [0.25, 0.3) is 0 Å². The molecule has 0 radical (unpaired) electrons. The van der Waals surface area contributed by atoms with Crippen LogP contribution in [0, 0.1) is 12.8 Å². The number of furan rings is 1.